The minimum absolute atomic E-state index is 0.175. The fourth-order valence-corrected chi connectivity index (χ4v) is 4.06. The highest BCUT2D eigenvalue weighted by Gasteiger charge is 2.43. The van der Waals surface area contributed by atoms with Crippen molar-refractivity contribution in [3.63, 3.8) is 0 Å². The van der Waals surface area contributed by atoms with Crippen molar-refractivity contribution in [2.45, 2.75) is 63.3 Å². The number of ether oxygens (including phenoxy) is 1. The molecule has 2 atom stereocenters. The molecule has 2 heterocycles. The second kappa shape index (κ2) is 6.08. The molecule has 2 unspecified atom stereocenters. The van der Waals surface area contributed by atoms with Crippen LogP contribution >= 0.6 is 0 Å². The predicted molar refractivity (Wildman–Crippen MR) is 79.3 cm³/mol. The molecule has 2 N–H and O–H groups in total. The first-order chi connectivity index (χ1) is 8.97. The summed E-state index contributed by atoms with van der Waals surface area (Å²) < 4.78 is 5.90. The van der Waals surface area contributed by atoms with Crippen LogP contribution in [0.25, 0.3) is 0 Å². The lowest BCUT2D eigenvalue weighted by Crippen LogP contribution is -2.62. The average molecular weight is 269 g/mol. The summed E-state index contributed by atoms with van der Waals surface area (Å²) in [7, 11) is 4.38. The zero-order valence-corrected chi connectivity index (χ0v) is 13.1. The van der Waals surface area contributed by atoms with E-state index in [1.807, 2.05) is 0 Å². The van der Waals surface area contributed by atoms with Crippen molar-refractivity contribution in [3.8, 4) is 0 Å². The Hall–Kier alpha value is -0.160. The van der Waals surface area contributed by atoms with Crippen molar-refractivity contribution in [1.29, 1.82) is 0 Å². The van der Waals surface area contributed by atoms with E-state index in [0.29, 0.717) is 12.2 Å². The fraction of sp³-hybridized carbons (Fsp3) is 1.00. The molecular formula is C15H31N3O. The van der Waals surface area contributed by atoms with Crippen molar-refractivity contribution in [3.05, 3.63) is 0 Å². The topological polar surface area (TPSA) is 41.7 Å². The van der Waals surface area contributed by atoms with E-state index in [1.165, 1.54) is 25.9 Å². The Kier molecular flexibility index (Phi) is 4.88. The second-order valence-electron chi connectivity index (χ2n) is 6.78. The van der Waals surface area contributed by atoms with E-state index in [2.05, 4.69) is 37.7 Å². The van der Waals surface area contributed by atoms with Gasteiger partial charge in [-0.15, -0.1) is 0 Å². The van der Waals surface area contributed by atoms with Crippen LogP contribution in [0.2, 0.25) is 0 Å². The van der Waals surface area contributed by atoms with E-state index >= 15 is 0 Å². The van der Waals surface area contributed by atoms with Gasteiger partial charge in [-0.1, -0.05) is 0 Å². The summed E-state index contributed by atoms with van der Waals surface area (Å²) in [5, 5.41) is 0. The molecule has 0 bridgehead atoms. The van der Waals surface area contributed by atoms with Gasteiger partial charge in [0.1, 0.15) is 0 Å². The van der Waals surface area contributed by atoms with Crippen LogP contribution in [-0.4, -0.2) is 67.3 Å². The molecule has 0 saturated carbocycles. The maximum absolute atomic E-state index is 6.18. The van der Waals surface area contributed by atoms with Crippen molar-refractivity contribution >= 4 is 0 Å². The minimum atomic E-state index is 0.175. The molecule has 0 aromatic rings. The lowest BCUT2D eigenvalue weighted by atomic mass is 9.81. The molecule has 19 heavy (non-hydrogen) atoms. The molecule has 2 saturated heterocycles. The molecule has 4 heteroatoms. The first-order valence-corrected chi connectivity index (χ1v) is 7.74. The largest absolute Gasteiger partial charge is 0.375 e. The van der Waals surface area contributed by atoms with E-state index in [0.717, 1.165) is 25.4 Å². The van der Waals surface area contributed by atoms with E-state index in [9.17, 15) is 0 Å². The normalized spacial score (nSPS) is 38.8. The van der Waals surface area contributed by atoms with Crippen LogP contribution in [0.3, 0.4) is 0 Å². The van der Waals surface area contributed by atoms with Gasteiger partial charge in [-0.05, 0) is 53.6 Å². The zero-order valence-electron chi connectivity index (χ0n) is 13.1. The van der Waals surface area contributed by atoms with E-state index in [-0.39, 0.29) is 5.54 Å². The van der Waals surface area contributed by atoms with Crippen LogP contribution in [0.15, 0.2) is 0 Å². The van der Waals surface area contributed by atoms with Gasteiger partial charge in [0.2, 0.25) is 0 Å². The third-order valence-electron chi connectivity index (χ3n) is 5.05. The Morgan fingerprint density at radius 1 is 1.16 bits per heavy atom. The first-order valence-electron chi connectivity index (χ1n) is 7.74. The molecule has 0 aromatic carbocycles. The van der Waals surface area contributed by atoms with Crippen molar-refractivity contribution < 1.29 is 4.74 Å². The molecule has 2 aliphatic heterocycles. The fourth-order valence-electron chi connectivity index (χ4n) is 4.06. The Morgan fingerprint density at radius 2 is 1.68 bits per heavy atom. The minimum Gasteiger partial charge on any atom is -0.375 e. The summed E-state index contributed by atoms with van der Waals surface area (Å²) in [6, 6.07) is 0.737. The van der Waals surface area contributed by atoms with Gasteiger partial charge in [-0.3, -0.25) is 4.90 Å². The summed E-state index contributed by atoms with van der Waals surface area (Å²) in [6.45, 7) is 7.50. The highest BCUT2D eigenvalue weighted by molar-refractivity contribution is 4.99. The van der Waals surface area contributed by atoms with Crippen LogP contribution in [0.4, 0.5) is 0 Å². The predicted octanol–water partition coefficient (Wildman–Crippen LogP) is 1.30. The molecule has 0 aliphatic carbocycles. The van der Waals surface area contributed by atoms with Crippen molar-refractivity contribution in [2.24, 2.45) is 5.73 Å². The van der Waals surface area contributed by atoms with Crippen LogP contribution in [-0.2, 0) is 4.74 Å². The SMILES string of the molecule is CC1CC(CN)(N2CCC(N(C)C)CC2)CC(C)O1. The summed E-state index contributed by atoms with van der Waals surface area (Å²) in [4.78, 5) is 5.02. The second-order valence-corrected chi connectivity index (χ2v) is 6.78. The molecule has 4 nitrogen and oxygen atoms in total. The van der Waals surface area contributed by atoms with Crippen molar-refractivity contribution in [2.75, 3.05) is 33.7 Å². The molecule has 0 radical (unpaired) electrons. The Balaban J connectivity index is 2.02. The zero-order chi connectivity index (χ0) is 14.0. The van der Waals surface area contributed by atoms with E-state index in [1.54, 1.807) is 0 Å². The van der Waals surface area contributed by atoms with Gasteiger partial charge in [0.05, 0.1) is 12.2 Å². The number of likely N-dealkylation sites (tertiary alicyclic amines) is 1. The van der Waals surface area contributed by atoms with Gasteiger partial charge in [-0.25, -0.2) is 0 Å². The summed E-state index contributed by atoms with van der Waals surface area (Å²) >= 11 is 0. The Bertz CT molecular complexity index is 277. The smallest absolute Gasteiger partial charge is 0.0568 e. The Labute approximate surface area is 118 Å². The summed E-state index contributed by atoms with van der Waals surface area (Å²) in [5.74, 6) is 0. The van der Waals surface area contributed by atoms with Crippen LogP contribution in [0.1, 0.15) is 39.5 Å². The molecule has 0 amide bonds. The monoisotopic (exact) mass is 269 g/mol. The lowest BCUT2D eigenvalue weighted by Gasteiger charge is -2.52. The van der Waals surface area contributed by atoms with Gasteiger partial charge >= 0.3 is 0 Å². The number of piperidine rings is 1. The molecule has 112 valence electrons. The van der Waals surface area contributed by atoms with Crippen LogP contribution in [0, 0.1) is 0 Å². The number of rotatable bonds is 3. The maximum atomic E-state index is 6.18. The number of hydrogen-bond donors (Lipinski definition) is 1. The molecule has 0 aromatic heterocycles. The van der Waals surface area contributed by atoms with Crippen molar-refractivity contribution in [1.82, 2.24) is 9.80 Å². The third kappa shape index (κ3) is 3.30. The quantitative estimate of drug-likeness (QED) is 0.838. The summed E-state index contributed by atoms with van der Waals surface area (Å²) in [6.07, 6.45) is 5.36. The Morgan fingerprint density at radius 3 is 2.11 bits per heavy atom. The molecule has 0 spiro atoms. The van der Waals surface area contributed by atoms with Gasteiger partial charge in [0.15, 0.2) is 0 Å². The molecule has 2 rings (SSSR count). The van der Waals surface area contributed by atoms with Gasteiger partial charge in [0.25, 0.3) is 0 Å². The van der Waals surface area contributed by atoms with Gasteiger partial charge in [0, 0.05) is 31.2 Å². The highest BCUT2D eigenvalue weighted by atomic mass is 16.5. The standard InChI is InChI=1S/C15H31N3O/c1-12-9-15(11-16,10-13(2)19-12)18-7-5-14(6-8-18)17(3)4/h12-14H,5-11,16H2,1-4H3. The third-order valence-corrected chi connectivity index (χ3v) is 5.05. The number of hydrogen-bond acceptors (Lipinski definition) is 4. The van der Waals surface area contributed by atoms with E-state index in [4.69, 9.17) is 10.5 Å². The number of nitrogens with two attached hydrogens (primary N) is 1. The summed E-state index contributed by atoms with van der Waals surface area (Å²) in [5.41, 5.74) is 6.36. The van der Waals surface area contributed by atoms with Gasteiger partial charge < -0.3 is 15.4 Å². The highest BCUT2D eigenvalue weighted by Crippen LogP contribution is 2.35. The maximum Gasteiger partial charge on any atom is 0.0568 e. The molecular weight excluding hydrogens is 238 g/mol. The first kappa shape index (κ1) is 15.2. The molecule has 2 fully saturated rings. The molecule has 2 aliphatic rings. The lowest BCUT2D eigenvalue weighted by molar-refractivity contribution is -0.109. The van der Waals surface area contributed by atoms with Crippen LogP contribution < -0.4 is 5.73 Å². The number of nitrogens with zero attached hydrogens (tertiary/aromatic N) is 2. The van der Waals surface area contributed by atoms with Crippen LogP contribution in [0.5, 0.6) is 0 Å². The van der Waals surface area contributed by atoms with E-state index < -0.39 is 0 Å². The van der Waals surface area contributed by atoms with Gasteiger partial charge in [-0.2, -0.15) is 0 Å². The average Bonchev–Trinajstić information content (AvgIpc) is 2.37.